The molecule has 1 unspecified atom stereocenters. The molecule has 0 aliphatic carbocycles. The third kappa shape index (κ3) is 5.52. The maximum absolute atomic E-state index is 8.91. The number of nitrogens with zero attached hydrogens (tertiary/aromatic N) is 2. The molecular weight excluding hydrogens is 210 g/mol. The van der Waals surface area contributed by atoms with Gasteiger partial charge in [0.15, 0.2) is 0 Å². The second kappa shape index (κ2) is 6.98. The molecule has 0 aromatic rings. The molecule has 0 amide bonds. The zero-order valence-electron chi connectivity index (χ0n) is 11.6. The molecule has 1 N–H and O–H groups in total. The van der Waals surface area contributed by atoms with Crippen molar-refractivity contribution in [3.8, 4) is 6.07 Å². The SMILES string of the molecule is CN1CCCCC1CNCCCC(C)(C)C#N. The average Bonchev–Trinajstić information content (AvgIpc) is 2.31. The van der Waals surface area contributed by atoms with E-state index in [0.29, 0.717) is 6.04 Å². The van der Waals surface area contributed by atoms with Gasteiger partial charge in [-0.2, -0.15) is 5.26 Å². The standard InChI is InChI=1S/C14H27N3/c1-14(2,12-15)8-6-9-16-11-13-7-4-5-10-17(13)3/h13,16H,4-11H2,1-3H3. The van der Waals surface area contributed by atoms with E-state index in [-0.39, 0.29) is 5.41 Å². The fourth-order valence-electron chi connectivity index (χ4n) is 2.38. The Morgan fingerprint density at radius 2 is 2.18 bits per heavy atom. The van der Waals surface area contributed by atoms with E-state index in [4.69, 9.17) is 5.26 Å². The molecule has 1 aliphatic heterocycles. The summed E-state index contributed by atoms with van der Waals surface area (Å²) in [5.74, 6) is 0. The highest BCUT2D eigenvalue weighted by molar-refractivity contribution is 4.91. The molecule has 1 heterocycles. The van der Waals surface area contributed by atoms with E-state index in [1.165, 1.54) is 25.8 Å². The number of hydrogen-bond donors (Lipinski definition) is 1. The number of rotatable bonds is 6. The highest BCUT2D eigenvalue weighted by Crippen LogP contribution is 2.20. The first-order valence-electron chi connectivity index (χ1n) is 6.87. The van der Waals surface area contributed by atoms with Gasteiger partial charge in [-0.3, -0.25) is 0 Å². The van der Waals surface area contributed by atoms with Crippen LogP contribution in [0.25, 0.3) is 0 Å². The predicted octanol–water partition coefficient (Wildman–Crippen LogP) is 2.39. The summed E-state index contributed by atoms with van der Waals surface area (Å²) < 4.78 is 0. The van der Waals surface area contributed by atoms with Gasteiger partial charge < -0.3 is 10.2 Å². The zero-order chi connectivity index (χ0) is 12.7. The van der Waals surface area contributed by atoms with Crippen LogP contribution in [0, 0.1) is 16.7 Å². The highest BCUT2D eigenvalue weighted by Gasteiger charge is 2.18. The molecule has 0 radical (unpaired) electrons. The van der Waals surface area contributed by atoms with Gasteiger partial charge in [0.05, 0.1) is 11.5 Å². The lowest BCUT2D eigenvalue weighted by Gasteiger charge is -2.32. The normalized spacial score (nSPS) is 22.4. The van der Waals surface area contributed by atoms with Crippen molar-refractivity contribution in [3.05, 3.63) is 0 Å². The molecule has 0 bridgehead atoms. The second-order valence-corrected chi connectivity index (χ2v) is 5.93. The van der Waals surface area contributed by atoms with Crippen molar-refractivity contribution in [2.75, 3.05) is 26.7 Å². The van der Waals surface area contributed by atoms with E-state index in [2.05, 4.69) is 23.3 Å². The van der Waals surface area contributed by atoms with Crippen molar-refractivity contribution in [2.24, 2.45) is 5.41 Å². The van der Waals surface area contributed by atoms with Gasteiger partial charge in [-0.1, -0.05) is 6.42 Å². The molecule has 0 saturated carbocycles. The first-order chi connectivity index (χ1) is 8.05. The molecule has 0 aromatic carbocycles. The van der Waals surface area contributed by atoms with Crippen LogP contribution in [0.15, 0.2) is 0 Å². The molecule has 3 heteroatoms. The maximum atomic E-state index is 8.91. The van der Waals surface area contributed by atoms with Gasteiger partial charge in [0.2, 0.25) is 0 Å². The lowest BCUT2D eigenvalue weighted by molar-refractivity contribution is 0.181. The van der Waals surface area contributed by atoms with Gasteiger partial charge in [-0.15, -0.1) is 0 Å². The van der Waals surface area contributed by atoms with Gasteiger partial charge in [0, 0.05) is 12.6 Å². The van der Waals surface area contributed by atoms with Crippen molar-refractivity contribution in [3.63, 3.8) is 0 Å². The fraction of sp³-hybridized carbons (Fsp3) is 0.929. The fourth-order valence-corrected chi connectivity index (χ4v) is 2.38. The molecule has 98 valence electrons. The average molecular weight is 237 g/mol. The van der Waals surface area contributed by atoms with Gasteiger partial charge >= 0.3 is 0 Å². The molecule has 0 aromatic heterocycles. The van der Waals surface area contributed by atoms with Crippen LogP contribution in [-0.4, -0.2) is 37.6 Å². The van der Waals surface area contributed by atoms with Crippen molar-refractivity contribution in [1.82, 2.24) is 10.2 Å². The minimum Gasteiger partial charge on any atom is -0.315 e. The topological polar surface area (TPSA) is 39.1 Å². The third-order valence-corrected chi connectivity index (χ3v) is 3.76. The summed E-state index contributed by atoms with van der Waals surface area (Å²) in [6.07, 6.45) is 6.13. The summed E-state index contributed by atoms with van der Waals surface area (Å²) >= 11 is 0. The van der Waals surface area contributed by atoms with E-state index in [9.17, 15) is 0 Å². The van der Waals surface area contributed by atoms with E-state index >= 15 is 0 Å². The van der Waals surface area contributed by atoms with Crippen molar-refractivity contribution in [1.29, 1.82) is 5.26 Å². The van der Waals surface area contributed by atoms with E-state index in [1.807, 2.05) is 13.8 Å². The Labute approximate surface area is 106 Å². The van der Waals surface area contributed by atoms with E-state index in [1.54, 1.807) is 0 Å². The Bertz CT molecular complexity index is 255. The summed E-state index contributed by atoms with van der Waals surface area (Å²) in [4.78, 5) is 2.47. The predicted molar refractivity (Wildman–Crippen MR) is 71.8 cm³/mol. The Kier molecular flexibility index (Phi) is 5.94. The molecule has 3 nitrogen and oxygen atoms in total. The molecule has 1 fully saturated rings. The van der Waals surface area contributed by atoms with Crippen LogP contribution in [0.1, 0.15) is 46.0 Å². The zero-order valence-corrected chi connectivity index (χ0v) is 11.6. The molecular formula is C14H27N3. The van der Waals surface area contributed by atoms with Gasteiger partial charge in [0.1, 0.15) is 0 Å². The number of likely N-dealkylation sites (N-methyl/N-ethyl adjacent to an activating group) is 1. The van der Waals surface area contributed by atoms with E-state index in [0.717, 1.165) is 25.9 Å². The summed E-state index contributed by atoms with van der Waals surface area (Å²) in [7, 11) is 2.23. The maximum Gasteiger partial charge on any atom is 0.0683 e. The summed E-state index contributed by atoms with van der Waals surface area (Å²) in [6.45, 7) is 7.41. The molecule has 1 rings (SSSR count). The summed E-state index contributed by atoms with van der Waals surface area (Å²) in [5.41, 5.74) is -0.163. The third-order valence-electron chi connectivity index (χ3n) is 3.76. The largest absolute Gasteiger partial charge is 0.315 e. The molecule has 17 heavy (non-hydrogen) atoms. The Balaban J connectivity index is 2.06. The Hall–Kier alpha value is -0.590. The van der Waals surface area contributed by atoms with Crippen LogP contribution in [0.4, 0.5) is 0 Å². The van der Waals surface area contributed by atoms with Crippen LogP contribution >= 0.6 is 0 Å². The Morgan fingerprint density at radius 3 is 2.82 bits per heavy atom. The van der Waals surface area contributed by atoms with Crippen LogP contribution in [0.3, 0.4) is 0 Å². The lowest BCUT2D eigenvalue weighted by atomic mass is 9.90. The van der Waals surface area contributed by atoms with Crippen molar-refractivity contribution >= 4 is 0 Å². The van der Waals surface area contributed by atoms with Gasteiger partial charge in [-0.25, -0.2) is 0 Å². The van der Waals surface area contributed by atoms with E-state index < -0.39 is 0 Å². The van der Waals surface area contributed by atoms with Crippen molar-refractivity contribution < 1.29 is 0 Å². The quantitative estimate of drug-likeness (QED) is 0.721. The second-order valence-electron chi connectivity index (χ2n) is 5.93. The monoisotopic (exact) mass is 237 g/mol. The summed E-state index contributed by atoms with van der Waals surface area (Å²) in [6, 6.07) is 3.07. The van der Waals surface area contributed by atoms with Crippen molar-refractivity contribution in [2.45, 2.75) is 52.0 Å². The van der Waals surface area contributed by atoms with Crippen LogP contribution in [0.5, 0.6) is 0 Å². The number of likely N-dealkylation sites (tertiary alicyclic amines) is 1. The highest BCUT2D eigenvalue weighted by atomic mass is 15.2. The molecule has 0 spiro atoms. The van der Waals surface area contributed by atoms with Crippen LogP contribution < -0.4 is 5.32 Å². The number of nitriles is 1. The lowest BCUT2D eigenvalue weighted by Crippen LogP contribution is -2.43. The number of nitrogens with one attached hydrogen (secondary N) is 1. The Morgan fingerprint density at radius 1 is 1.41 bits per heavy atom. The minimum atomic E-state index is -0.163. The van der Waals surface area contributed by atoms with Gasteiger partial charge in [0.25, 0.3) is 0 Å². The molecule has 1 saturated heterocycles. The minimum absolute atomic E-state index is 0.163. The molecule has 1 aliphatic rings. The molecule has 1 atom stereocenters. The van der Waals surface area contributed by atoms with Crippen LogP contribution in [-0.2, 0) is 0 Å². The smallest absolute Gasteiger partial charge is 0.0683 e. The van der Waals surface area contributed by atoms with Crippen LogP contribution in [0.2, 0.25) is 0 Å². The van der Waals surface area contributed by atoms with Gasteiger partial charge in [-0.05, 0) is 59.7 Å². The number of hydrogen-bond acceptors (Lipinski definition) is 3. The number of piperidine rings is 1. The first kappa shape index (κ1) is 14.5. The summed E-state index contributed by atoms with van der Waals surface area (Å²) in [5, 5.41) is 12.4. The first-order valence-corrected chi connectivity index (χ1v) is 6.87.